The van der Waals surface area contributed by atoms with Crippen molar-refractivity contribution in [2.75, 3.05) is 26.2 Å². The number of nitrogens with one attached hydrogen (secondary N) is 1. The predicted octanol–water partition coefficient (Wildman–Crippen LogP) is 5.79. The number of hydrogen-bond donors (Lipinski definition) is 1. The monoisotopic (exact) mass is 455 g/mol. The highest BCUT2D eigenvalue weighted by molar-refractivity contribution is 7.13. The Hall–Kier alpha value is -1.89. The fraction of sp³-hybridized carbons (Fsp3) is 0.538. The number of aromatic nitrogens is 1. The van der Waals surface area contributed by atoms with Crippen LogP contribution < -0.4 is 4.74 Å². The largest absolute Gasteiger partial charge is 0.479 e. The molecule has 0 amide bonds. The van der Waals surface area contributed by atoms with Crippen molar-refractivity contribution >= 4 is 22.2 Å². The molecule has 1 saturated heterocycles. The lowest BCUT2D eigenvalue weighted by Crippen LogP contribution is -2.47. The predicted molar refractivity (Wildman–Crippen MR) is 131 cm³/mol. The van der Waals surface area contributed by atoms with Gasteiger partial charge in [0.05, 0.1) is 6.04 Å². The Balaban J connectivity index is 1.50. The van der Waals surface area contributed by atoms with Crippen molar-refractivity contribution in [3.05, 3.63) is 52.5 Å². The Morgan fingerprint density at radius 3 is 2.78 bits per heavy atom. The number of fused-ring (bicyclic) bond motifs is 3. The number of ether oxygens (including phenoxy) is 1. The molecule has 0 saturated carbocycles. The molecule has 3 atom stereocenters. The number of thiophene rings is 1. The molecule has 32 heavy (non-hydrogen) atoms. The second-order valence-electron chi connectivity index (χ2n) is 9.99. The molecule has 0 aliphatic carbocycles. The fourth-order valence-corrected chi connectivity index (χ4v) is 6.44. The lowest BCUT2D eigenvalue weighted by molar-refractivity contribution is 0.0679. The van der Waals surface area contributed by atoms with Gasteiger partial charge in [-0.15, -0.1) is 11.3 Å². The van der Waals surface area contributed by atoms with E-state index >= 15 is 0 Å². The first-order valence-corrected chi connectivity index (χ1v) is 12.7. The van der Waals surface area contributed by atoms with E-state index in [9.17, 15) is 4.39 Å². The summed E-state index contributed by atoms with van der Waals surface area (Å²) in [5.74, 6) is 0. The third-order valence-corrected chi connectivity index (χ3v) is 7.94. The van der Waals surface area contributed by atoms with Gasteiger partial charge in [0.2, 0.25) is 0 Å². The van der Waals surface area contributed by atoms with E-state index < -0.39 is 5.67 Å². The highest BCUT2D eigenvalue weighted by Crippen LogP contribution is 2.44. The Morgan fingerprint density at radius 1 is 1.22 bits per heavy atom. The lowest BCUT2D eigenvalue weighted by Gasteiger charge is -2.42. The van der Waals surface area contributed by atoms with Gasteiger partial charge in [-0.05, 0) is 63.9 Å². The van der Waals surface area contributed by atoms with Gasteiger partial charge in [-0.25, -0.2) is 4.39 Å². The maximum atomic E-state index is 14.9. The highest BCUT2D eigenvalue weighted by atomic mass is 32.1. The van der Waals surface area contributed by atoms with Gasteiger partial charge in [-0.2, -0.15) is 0 Å². The van der Waals surface area contributed by atoms with Gasteiger partial charge in [0, 0.05) is 47.2 Å². The lowest BCUT2D eigenvalue weighted by atomic mass is 9.90. The van der Waals surface area contributed by atoms with E-state index in [1.165, 1.54) is 21.5 Å². The molecule has 1 aromatic carbocycles. The Labute approximate surface area is 194 Å². The van der Waals surface area contributed by atoms with E-state index in [0.717, 1.165) is 43.1 Å². The van der Waals surface area contributed by atoms with Crippen LogP contribution in [0.1, 0.15) is 56.3 Å². The van der Waals surface area contributed by atoms with Crippen LogP contribution in [-0.2, 0) is 6.42 Å². The molecule has 6 heteroatoms. The van der Waals surface area contributed by atoms with E-state index in [1.54, 1.807) is 25.2 Å². The Kier molecular flexibility index (Phi) is 5.81. The summed E-state index contributed by atoms with van der Waals surface area (Å²) in [6.07, 6.45) is 2.27. The van der Waals surface area contributed by atoms with E-state index in [4.69, 9.17) is 4.74 Å². The number of para-hydroxylation sites is 1. The highest BCUT2D eigenvalue weighted by Gasteiger charge is 2.39. The quantitative estimate of drug-likeness (QED) is 0.511. The number of likely N-dealkylation sites (tertiary alicyclic amines) is 1. The molecule has 2 aliphatic rings. The van der Waals surface area contributed by atoms with Crippen LogP contribution in [0.15, 0.2) is 36.4 Å². The maximum Gasteiger partial charge on any atom is 0.174 e. The van der Waals surface area contributed by atoms with Crippen LogP contribution in [0.3, 0.4) is 0 Å². The van der Waals surface area contributed by atoms with Gasteiger partial charge in [0.15, 0.2) is 5.06 Å². The van der Waals surface area contributed by atoms with Gasteiger partial charge in [-0.1, -0.05) is 25.1 Å². The third kappa shape index (κ3) is 4.20. The number of alkyl halides is 1. The van der Waals surface area contributed by atoms with Crippen LogP contribution in [-0.4, -0.2) is 58.8 Å². The zero-order valence-electron chi connectivity index (χ0n) is 19.5. The van der Waals surface area contributed by atoms with Crippen molar-refractivity contribution in [1.82, 2.24) is 14.8 Å². The average molecular weight is 456 g/mol. The number of nitrogens with zero attached hydrogens (tertiary/aromatic N) is 2. The molecule has 0 radical (unpaired) electrons. The summed E-state index contributed by atoms with van der Waals surface area (Å²) >= 11 is 1.72. The minimum Gasteiger partial charge on any atom is -0.479 e. The zero-order chi connectivity index (χ0) is 22.5. The SMILES string of the molecule is CCN1CC[C@@H](Oc2ccc([C@@H]3c4[nH]c5ccccc5c4C[C@@H](C)N3CC(C)(C)F)s2)C1. The van der Waals surface area contributed by atoms with Crippen molar-refractivity contribution in [3.63, 3.8) is 0 Å². The first-order valence-electron chi connectivity index (χ1n) is 11.9. The molecule has 4 heterocycles. The van der Waals surface area contributed by atoms with E-state index in [2.05, 4.69) is 65.0 Å². The topological polar surface area (TPSA) is 31.5 Å². The molecule has 3 aromatic rings. The van der Waals surface area contributed by atoms with Crippen molar-refractivity contribution in [2.24, 2.45) is 0 Å². The van der Waals surface area contributed by atoms with Crippen molar-refractivity contribution in [2.45, 2.75) is 64.4 Å². The third-order valence-electron chi connectivity index (χ3n) is 6.91. The Bertz CT molecular complexity index is 1080. The average Bonchev–Trinajstić information content (AvgIpc) is 3.47. The molecule has 1 fully saturated rings. The first-order chi connectivity index (χ1) is 15.3. The van der Waals surface area contributed by atoms with E-state index in [1.807, 2.05) is 0 Å². The summed E-state index contributed by atoms with van der Waals surface area (Å²) in [5.41, 5.74) is 2.48. The maximum absolute atomic E-state index is 14.9. The second kappa shape index (κ2) is 8.47. The summed E-state index contributed by atoms with van der Waals surface area (Å²) in [6, 6.07) is 13.1. The standard InChI is InChI=1S/C26H34FN3OS/c1-5-29-13-12-18(15-29)31-23-11-10-22(32-23)25-24-20(19-8-6-7-9-21(19)28-24)14-17(2)30(25)16-26(3,4)27/h6-11,17-18,25,28H,5,12-16H2,1-4H3/t17-,18-,25-/m1/s1. The molecule has 0 bridgehead atoms. The summed E-state index contributed by atoms with van der Waals surface area (Å²) in [4.78, 5) is 9.68. The van der Waals surface area contributed by atoms with Crippen LogP contribution in [0.2, 0.25) is 0 Å². The van der Waals surface area contributed by atoms with Gasteiger partial charge < -0.3 is 9.72 Å². The molecule has 2 aliphatic heterocycles. The van der Waals surface area contributed by atoms with Gasteiger partial charge >= 0.3 is 0 Å². The smallest absolute Gasteiger partial charge is 0.174 e. The first kappa shape index (κ1) is 21.9. The van der Waals surface area contributed by atoms with Crippen molar-refractivity contribution in [3.8, 4) is 5.06 Å². The normalized spacial score (nSPS) is 24.8. The molecule has 5 rings (SSSR count). The number of halogens is 1. The molecule has 0 spiro atoms. The summed E-state index contributed by atoms with van der Waals surface area (Å²) in [6.45, 7) is 11.4. The zero-order valence-corrected chi connectivity index (χ0v) is 20.3. The minimum atomic E-state index is -1.26. The molecule has 2 aromatic heterocycles. The number of benzene rings is 1. The van der Waals surface area contributed by atoms with Crippen molar-refractivity contribution < 1.29 is 9.13 Å². The van der Waals surface area contributed by atoms with E-state index in [-0.39, 0.29) is 18.2 Å². The second-order valence-corrected chi connectivity index (χ2v) is 11.1. The minimum absolute atomic E-state index is 0.00856. The van der Waals surface area contributed by atoms with E-state index in [0.29, 0.717) is 6.54 Å². The van der Waals surface area contributed by atoms with Gasteiger partial charge in [-0.3, -0.25) is 9.80 Å². The van der Waals surface area contributed by atoms with Gasteiger partial charge in [0.1, 0.15) is 11.8 Å². The number of hydrogen-bond acceptors (Lipinski definition) is 4. The molecule has 1 N–H and O–H groups in total. The number of aromatic amines is 1. The summed E-state index contributed by atoms with van der Waals surface area (Å²) in [7, 11) is 0. The van der Waals surface area contributed by atoms with Gasteiger partial charge in [0.25, 0.3) is 0 Å². The van der Waals surface area contributed by atoms with Crippen LogP contribution in [0.4, 0.5) is 4.39 Å². The number of rotatable bonds is 6. The fourth-order valence-electron chi connectivity index (χ4n) is 5.38. The van der Waals surface area contributed by atoms with Crippen molar-refractivity contribution in [1.29, 1.82) is 0 Å². The van der Waals surface area contributed by atoms with Crippen LogP contribution in [0.25, 0.3) is 10.9 Å². The Morgan fingerprint density at radius 2 is 2.03 bits per heavy atom. The van der Waals surface area contributed by atoms with Crippen LogP contribution in [0.5, 0.6) is 5.06 Å². The number of H-pyrrole nitrogens is 1. The van der Waals surface area contributed by atoms with Crippen LogP contribution >= 0.6 is 11.3 Å². The molecule has 172 valence electrons. The molecular formula is C26H34FN3OS. The molecular weight excluding hydrogens is 421 g/mol. The number of likely N-dealkylation sites (N-methyl/N-ethyl adjacent to an activating group) is 1. The summed E-state index contributed by atoms with van der Waals surface area (Å²) in [5, 5.41) is 2.26. The molecule has 0 unspecified atom stereocenters. The molecule has 4 nitrogen and oxygen atoms in total. The summed E-state index contributed by atoms with van der Waals surface area (Å²) < 4.78 is 21.2. The van der Waals surface area contributed by atoms with Crippen LogP contribution in [0, 0.1) is 0 Å².